The molecule has 0 spiro atoms. The molecule has 8 nitrogen and oxygen atoms in total. The Bertz CT molecular complexity index is 1130. The normalized spacial score (nSPS) is 14.7. The van der Waals surface area contributed by atoms with Crippen molar-refractivity contribution in [2.24, 2.45) is 0 Å². The van der Waals surface area contributed by atoms with Gasteiger partial charge in [0.25, 0.3) is 5.91 Å². The number of hydrogen-bond donors (Lipinski definition) is 0. The molecule has 2 aromatic rings. The lowest BCUT2D eigenvalue weighted by atomic mass is 10.2. The number of benzene rings is 2. The van der Waals surface area contributed by atoms with Gasteiger partial charge in [-0.3, -0.25) is 9.59 Å². The number of halogens is 1. The van der Waals surface area contributed by atoms with Gasteiger partial charge in [-0.2, -0.15) is 9.57 Å². The van der Waals surface area contributed by atoms with Crippen LogP contribution in [0.4, 0.5) is 0 Å². The third-order valence-corrected chi connectivity index (χ3v) is 7.11. The molecule has 1 saturated heterocycles. The van der Waals surface area contributed by atoms with Crippen molar-refractivity contribution in [3.05, 3.63) is 58.6 Å². The summed E-state index contributed by atoms with van der Waals surface area (Å²) in [5, 5.41) is 9.09. The smallest absolute Gasteiger partial charge is 0.260 e. The maximum atomic E-state index is 12.8. The molecule has 0 saturated carbocycles. The van der Waals surface area contributed by atoms with Crippen molar-refractivity contribution in [1.82, 2.24) is 9.21 Å². The van der Waals surface area contributed by atoms with Crippen molar-refractivity contribution >= 4 is 33.3 Å². The van der Waals surface area contributed by atoms with Crippen LogP contribution in [0.2, 0.25) is 5.02 Å². The molecule has 0 N–H and O–H groups in total. The first-order valence-corrected chi connectivity index (χ1v) is 11.3. The number of nitriles is 1. The van der Waals surface area contributed by atoms with Crippen molar-refractivity contribution in [2.45, 2.75) is 11.8 Å². The van der Waals surface area contributed by atoms with Crippen LogP contribution < -0.4 is 4.74 Å². The minimum absolute atomic E-state index is 0.107. The molecule has 0 aliphatic carbocycles. The van der Waals surface area contributed by atoms with Crippen LogP contribution in [-0.4, -0.2) is 62.1 Å². The molecule has 2 aromatic carbocycles. The lowest BCUT2D eigenvalue weighted by molar-refractivity contribution is -0.134. The van der Waals surface area contributed by atoms with E-state index in [-0.39, 0.29) is 54.4 Å². The number of piperazine rings is 1. The number of carbonyl (C=O) groups excluding carboxylic acids is 2. The number of ether oxygens (including phenoxy) is 1. The van der Waals surface area contributed by atoms with Gasteiger partial charge in [0.15, 0.2) is 12.4 Å². The van der Waals surface area contributed by atoms with E-state index in [0.717, 1.165) is 0 Å². The van der Waals surface area contributed by atoms with Gasteiger partial charge in [0, 0.05) is 31.7 Å². The SMILES string of the molecule is CC(=O)c1ccc(S(=O)(=O)N2CCN(C(=O)COc3ccc(C#N)cc3Cl)CC2)cc1. The van der Waals surface area contributed by atoms with Crippen LogP contribution in [0, 0.1) is 11.3 Å². The Morgan fingerprint density at radius 3 is 2.29 bits per heavy atom. The van der Waals surface area contributed by atoms with E-state index in [9.17, 15) is 18.0 Å². The van der Waals surface area contributed by atoms with E-state index in [1.807, 2.05) is 6.07 Å². The molecule has 0 radical (unpaired) electrons. The minimum Gasteiger partial charge on any atom is -0.482 e. The van der Waals surface area contributed by atoms with Crippen LogP contribution >= 0.6 is 11.6 Å². The summed E-state index contributed by atoms with van der Waals surface area (Å²) in [4.78, 5) is 25.4. The Kier molecular flexibility index (Phi) is 6.95. The molecule has 1 heterocycles. The fourth-order valence-electron chi connectivity index (χ4n) is 3.11. The number of Topliss-reactive ketones (excluding diaryl/α,β-unsaturated/α-hetero) is 1. The summed E-state index contributed by atoms with van der Waals surface area (Å²) >= 11 is 6.04. The first kappa shape index (κ1) is 22.7. The van der Waals surface area contributed by atoms with E-state index in [4.69, 9.17) is 21.6 Å². The predicted molar refractivity (Wildman–Crippen MR) is 113 cm³/mol. The third kappa shape index (κ3) is 5.22. The number of nitrogens with zero attached hydrogens (tertiary/aromatic N) is 3. The molecule has 0 unspecified atom stereocenters. The average molecular weight is 462 g/mol. The number of rotatable bonds is 6. The van der Waals surface area contributed by atoms with Gasteiger partial charge in [0.1, 0.15) is 5.75 Å². The van der Waals surface area contributed by atoms with Crippen LogP contribution in [0.15, 0.2) is 47.4 Å². The summed E-state index contributed by atoms with van der Waals surface area (Å²) in [6, 6.07) is 12.3. The molecule has 0 atom stereocenters. The van der Waals surface area contributed by atoms with E-state index in [1.165, 1.54) is 58.6 Å². The molecule has 31 heavy (non-hydrogen) atoms. The molecule has 162 valence electrons. The van der Waals surface area contributed by atoms with Gasteiger partial charge < -0.3 is 9.64 Å². The van der Waals surface area contributed by atoms with Gasteiger partial charge in [-0.25, -0.2) is 8.42 Å². The van der Waals surface area contributed by atoms with Gasteiger partial charge >= 0.3 is 0 Å². The molecule has 0 aromatic heterocycles. The van der Waals surface area contributed by atoms with E-state index in [0.29, 0.717) is 16.9 Å². The quantitative estimate of drug-likeness (QED) is 0.611. The number of amides is 1. The van der Waals surface area contributed by atoms with Crippen molar-refractivity contribution in [3.8, 4) is 11.8 Å². The fourth-order valence-corrected chi connectivity index (χ4v) is 4.76. The summed E-state index contributed by atoms with van der Waals surface area (Å²) < 4.78 is 32.4. The summed E-state index contributed by atoms with van der Waals surface area (Å²) in [5.74, 6) is -0.131. The average Bonchev–Trinajstić information content (AvgIpc) is 2.78. The van der Waals surface area contributed by atoms with E-state index in [1.54, 1.807) is 0 Å². The topological polar surface area (TPSA) is 108 Å². The van der Waals surface area contributed by atoms with Gasteiger partial charge in [-0.05, 0) is 37.3 Å². The molecular weight excluding hydrogens is 442 g/mol. The van der Waals surface area contributed by atoms with E-state index < -0.39 is 10.0 Å². The van der Waals surface area contributed by atoms with Gasteiger partial charge in [-0.15, -0.1) is 0 Å². The van der Waals surface area contributed by atoms with Crippen molar-refractivity contribution in [3.63, 3.8) is 0 Å². The summed E-state index contributed by atoms with van der Waals surface area (Å²) in [6.45, 7) is 1.94. The minimum atomic E-state index is -3.71. The van der Waals surface area contributed by atoms with Crippen LogP contribution in [0.1, 0.15) is 22.8 Å². The second-order valence-corrected chi connectivity index (χ2v) is 9.26. The maximum absolute atomic E-state index is 12.8. The van der Waals surface area contributed by atoms with Crippen LogP contribution in [-0.2, 0) is 14.8 Å². The zero-order valence-electron chi connectivity index (χ0n) is 16.7. The molecule has 10 heteroatoms. The van der Waals surface area contributed by atoms with Crippen molar-refractivity contribution < 1.29 is 22.7 Å². The molecule has 1 amide bonds. The fraction of sp³-hybridized carbons (Fsp3) is 0.286. The van der Waals surface area contributed by atoms with Crippen LogP contribution in [0.5, 0.6) is 5.75 Å². The Hall–Kier alpha value is -2.93. The van der Waals surface area contributed by atoms with Crippen LogP contribution in [0.3, 0.4) is 0 Å². The zero-order chi connectivity index (χ0) is 22.6. The molecule has 3 rings (SSSR count). The predicted octanol–water partition coefficient (Wildman–Crippen LogP) is 2.33. The molecule has 0 bridgehead atoms. The van der Waals surface area contributed by atoms with Gasteiger partial charge in [0.05, 0.1) is 21.6 Å². The second-order valence-electron chi connectivity index (χ2n) is 6.91. The number of hydrogen-bond acceptors (Lipinski definition) is 6. The molecule has 1 aliphatic rings. The summed E-state index contributed by atoms with van der Waals surface area (Å²) in [7, 11) is -3.71. The largest absolute Gasteiger partial charge is 0.482 e. The van der Waals surface area contributed by atoms with Gasteiger partial charge in [0.2, 0.25) is 10.0 Å². The van der Waals surface area contributed by atoms with Crippen molar-refractivity contribution in [2.75, 3.05) is 32.8 Å². The second kappa shape index (κ2) is 9.47. The lowest BCUT2D eigenvalue weighted by Gasteiger charge is -2.34. The molecular formula is C21H20ClN3O5S. The molecule has 1 aliphatic heterocycles. The highest BCUT2D eigenvalue weighted by molar-refractivity contribution is 7.89. The van der Waals surface area contributed by atoms with E-state index in [2.05, 4.69) is 0 Å². The Morgan fingerprint density at radius 1 is 1.10 bits per heavy atom. The standard InChI is InChI=1S/C21H20ClN3O5S/c1-15(26)17-3-5-18(6-4-17)31(28,29)25-10-8-24(9-11-25)21(27)14-30-20-7-2-16(13-23)12-19(20)22/h2-7,12H,8-11,14H2,1H3. The highest BCUT2D eigenvalue weighted by atomic mass is 35.5. The number of carbonyl (C=O) groups is 2. The van der Waals surface area contributed by atoms with E-state index >= 15 is 0 Å². The van der Waals surface area contributed by atoms with Crippen LogP contribution in [0.25, 0.3) is 0 Å². The number of ketones is 1. The third-order valence-electron chi connectivity index (χ3n) is 4.90. The zero-order valence-corrected chi connectivity index (χ0v) is 18.3. The summed E-state index contributed by atoms with van der Waals surface area (Å²) in [6.07, 6.45) is 0. The number of sulfonamides is 1. The maximum Gasteiger partial charge on any atom is 0.260 e. The Labute approximate surface area is 185 Å². The van der Waals surface area contributed by atoms with Gasteiger partial charge in [-0.1, -0.05) is 23.7 Å². The summed E-state index contributed by atoms with van der Waals surface area (Å²) in [5.41, 5.74) is 0.827. The Morgan fingerprint density at radius 2 is 1.74 bits per heavy atom. The lowest BCUT2D eigenvalue weighted by Crippen LogP contribution is -2.51. The van der Waals surface area contributed by atoms with Crippen molar-refractivity contribution in [1.29, 1.82) is 5.26 Å². The molecule has 1 fully saturated rings. The Balaban J connectivity index is 1.56. The first-order chi connectivity index (χ1) is 14.7. The monoisotopic (exact) mass is 461 g/mol. The highest BCUT2D eigenvalue weighted by Gasteiger charge is 2.30. The first-order valence-electron chi connectivity index (χ1n) is 9.44. The highest BCUT2D eigenvalue weighted by Crippen LogP contribution is 2.25.